The van der Waals surface area contributed by atoms with Crippen LogP contribution in [0, 0.1) is 19.7 Å². The molecule has 0 aliphatic carbocycles. The number of carboxylic acids is 1. The summed E-state index contributed by atoms with van der Waals surface area (Å²) in [6.45, 7) is 9.56. The molecule has 0 fully saturated rings. The number of carboxylic acid groups (broad SMARTS) is 1. The number of fused-ring (bicyclic) bond motifs is 1. The predicted molar refractivity (Wildman–Crippen MR) is 135 cm³/mol. The van der Waals surface area contributed by atoms with Crippen molar-refractivity contribution < 1.29 is 14.3 Å². The molecule has 4 rings (SSSR count). The third kappa shape index (κ3) is 4.81. The Morgan fingerprint density at radius 1 is 1.23 bits per heavy atom. The second-order valence-corrected chi connectivity index (χ2v) is 8.80. The lowest BCUT2D eigenvalue weighted by Crippen LogP contribution is -2.35. The summed E-state index contributed by atoms with van der Waals surface area (Å²) in [6.07, 6.45) is 0. The van der Waals surface area contributed by atoms with E-state index in [1.165, 1.54) is 6.07 Å². The van der Waals surface area contributed by atoms with Crippen molar-refractivity contribution in [2.45, 2.75) is 20.4 Å². The zero-order chi connectivity index (χ0) is 25.3. The Labute approximate surface area is 204 Å². The van der Waals surface area contributed by atoms with Gasteiger partial charge >= 0.3 is 5.97 Å². The summed E-state index contributed by atoms with van der Waals surface area (Å²) in [5.74, 6) is -0.0554. The van der Waals surface area contributed by atoms with Crippen molar-refractivity contribution in [3.63, 3.8) is 0 Å². The topological polar surface area (TPSA) is 93.6 Å². The fraction of sp³-hybridized carbons (Fsp3) is 0.269. The Kier molecular flexibility index (Phi) is 6.70. The zero-order valence-electron chi connectivity index (χ0n) is 20.3. The monoisotopic (exact) mass is 476 g/mol. The summed E-state index contributed by atoms with van der Waals surface area (Å²) in [7, 11) is 3.94. The van der Waals surface area contributed by atoms with Crippen molar-refractivity contribution in [2.75, 3.05) is 37.4 Å². The molecule has 3 aromatic rings. The van der Waals surface area contributed by atoms with Crippen molar-refractivity contribution in [1.29, 1.82) is 0 Å². The third-order valence-corrected chi connectivity index (χ3v) is 5.93. The van der Waals surface area contributed by atoms with Gasteiger partial charge in [0.15, 0.2) is 0 Å². The lowest BCUT2D eigenvalue weighted by atomic mass is 9.97. The van der Waals surface area contributed by atoms with Crippen LogP contribution in [0.3, 0.4) is 0 Å². The van der Waals surface area contributed by atoms with Crippen LogP contribution in [-0.2, 0) is 6.54 Å². The molecule has 35 heavy (non-hydrogen) atoms. The third-order valence-electron chi connectivity index (χ3n) is 5.93. The number of likely N-dealkylation sites (N-methyl/N-ethyl adjacent to an activating group) is 1. The Hall–Kier alpha value is -3.98. The second kappa shape index (κ2) is 9.71. The highest BCUT2D eigenvalue weighted by molar-refractivity contribution is 5.90. The number of aromatic nitrogens is 2. The van der Waals surface area contributed by atoms with Crippen molar-refractivity contribution in [3.8, 4) is 11.3 Å². The molecule has 1 aromatic heterocycles. The fourth-order valence-electron chi connectivity index (χ4n) is 4.07. The minimum absolute atomic E-state index is 0.162. The number of nitrogens with zero attached hydrogens (tertiary/aromatic N) is 4. The largest absolute Gasteiger partial charge is 0.478 e. The molecule has 0 saturated carbocycles. The summed E-state index contributed by atoms with van der Waals surface area (Å²) >= 11 is 0. The van der Waals surface area contributed by atoms with E-state index in [4.69, 9.17) is 9.97 Å². The zero-order valence-corrected chi connectivity index (χ0v) is 20.3. The van der Waals surface area contributed by atoms with Gasteiger partial charge < -0.3 is 20.6 Å². The van der Waals surface area contributed by atoms with E-state index in [0.29, 0.717) is 47.6 Å². The number of nitrogens with one attached hydrogen (secondary N) is 2. The average Bonchev–Trinajstić information content (AvgIpc) is 2.79. The number of carbonyl (C=O) groups is 1. The number of aromatic carboxylic acids is 1. The first-order valence-corrected chi connectivity index (χ1v) is 11.3. The highest BCUT2D eigenvalue weighted by Gasteiger charge is 2.30. The van der Waals surface area contributed by atoms with Crippen LogP contribution < -0.4 is 15.5 Å². The summed E-state index contributed by atoms with van der Waals surface area (Å²) in [5, 5.41) is 16.1. The molecule has 9 heteroatoms. The molecule has 0 atom stereocenters. The van der Waals surface area contributed by atoms with Crippen LogP contribution in [0.4, 0.5) is 21.8 Å². The molecule has 182 valence electrons. The van der Waals surface area contributed by atoms with Crippen LogP contribution in [0.15, 0.2) is 48.8 Å². The number of aryl methyl sites for hydroxylation is 2. The van der Waals surface area contributed by atoms with Crippen LogP contribution in [0.2, 0.25) is 0 Å². The van der Waals surface area contributed by atoms with Crippen LogP contribution in [-0.4, -0.2) is 53.1 Å². The SMILES string of the molecule is C=C1NCc2c(-c3cc(C(=O)O)ccc3C)nc(NCCN(C)C)nc2N1c1c(C)cccc1F. The van der Waals surface area contributed by atoms with Gasteiger partial charge in [-0.05, 0) is 57.3 Å². The number of para-hydroxylation sites is 1. The molecule has 0 radical (unpaired) electrons. The molecule has 0 saturated heterocycles. The maximum atomic E-state index is 15.1. The predicted octanol–water partition coefficient (Wildman–Crippen LogP) is 4.28. The normalized spacial score (nSPS) is 13.0. The Morgan fingerprint density at radius 3 is 2.69 bits per heavy atom. The molecule has 2 aromatic carbocycles. The van der Waals surface area contributed by atoms with E-state index in [2.05, 4.69) is 17.2 Å². The second-order valence-electron chi connectivity index (χ2n) is 8.80. The Bertz CT molecular complexity index is 1290. The minimum Gasteiger partial charge on any atom is -0.478 e. The van der Waals surface area contributed by atoms with Gasteiger partial charge in [-0.3, -0.25) is 4.90 Å². The molecule has 1 aliphatic rings. The first kappa shape index (κ1) is 24.2. The van der Waals surface area contributed by atoms with E-state index < -0.39 is 11.8 Å². The molecule has 1 aliphatic heterocycles. The van der Waals surface area contributed by atoms with Gasteiger partial charge in [-0.15, -0.1) is 0 Å². The van der Waals surface area contributed by atoms with E-state index in [1.54, 1.807) is 29.2 Å². The van der Waals surface area contributed by atoms with Gasteiger partial charge in [0.1, 0.15) is 17.5 Å². The number of benzene rings is 2. The molecule has 0 unspecified atom stereocenters. The van der Waals surface area contributed by atoms with Crippen LogP contribution in [0.5, 0.6) is 0 Å². The van der Waals surface area contributed by atoms with E-state index in [1.807, 2.05) is 38.9 Å². The van der Waals surface area contributed by atoms with Gasteiger partial charge in [-0.1, -0.05) is 24.8 Å². The highest BCUT2D eigenvalue weighted by Crippen LogP contribution is 2.41. The number of anilines is 3. The van der Waals surface area contributed by atoms with E-state index in [-0.39, 0.29) is 5.56 Å². The summed E-state index contributed by atoms with van der Waals surface area (Å²) < 4.78 is 15.1. The maximum Gasteiger partial charge on any atom is 0.335 e. The summed E-state index contributed by atoms with van der Waals surface area (Å²) in [4.78, 5) is 25.0. The van der Waals surface area contributed by atoms with E-state index in [9.17, 15) is 9.90 Å². The van der Waals surface area contributed by atoms with Crippen molar-refractivity contribution >= 4 is 23.4 Å². The first-order valence-electron chi connectivity index (χ1n) is 11.3. The van der Waals surface area contributed by atoms with Gasteiger partial charge in [0.25, 0.3) is 0 Å². The van der Waals surface area contributed by atoms with Gasteiger partial charge in [0, 0.05) is 30.8 Å². The number of rotatable bonds is 7. The van der Waals surface area contributed by atoms with Crippen LogP contribution in [0.25, 0.3) is 11.3 Å². The number of halogens is 1. The summed E-state index contributed by atoms with van der Waals surface area (Å²) in [6, 6.07) is 9.85. The van der Waals surface area contributed by atoms with Crippen molar-refractivity contribution in [3.05, 3.63) is 76.9 Å². The highest BCUT2D eigenvalue weighted by atomic mass is 19.1. The molecule has 8 nitrogen and oxygen atoms in total. The van der Waals surface area contributed by atoms with Gasteiger partial charge in [0.05, 0.1) is 16.9 Å². The molecule has 0 bridgehead atoms. The number of hydrogen-bond acceptors (Lipinski definition) is 7. The Balaban J connectivity index is 1.95. The fourth-order valence-corrected chi connectivity index (χ4v) is 4.07. The summed E-state index contributed by atoms with van der Waals surface area (Å²) in [5.41, 5.74) is 4.10. The average molecular weight is 477 g/mol. The molecule has 0 amide bonds. The molecule has 2 heterocycles. The van der Waals surface area contributed by atoms with Crippen molar-refractivity contribution in [2.24, 2.45) is 0 Å². The van der Waals surface area contributed by atoms with Gasteiger partial charge in [-0.2, -0.15) is 4.98 Å². The van der Waals surface area contributed by atoms with Crippen molar-refractivity contribution in [1.82, 2.24) is 20.2 Å². The molecular weight excluding hydrogens is 447 g/mol. The smallest absolute Gasteiger partial charge is 0.335 e. The van der Waals surface area contributed by atoms with E-state index in [0.717, 1.165) is 23.2 Å². The number of hydrogen-bond donors (Lipinski definition) is 3. The van der Waals surface area contributed by atoms with Gasteiger partial charge in [0.2, 0.25) is 5.95 Å². The van der Waals surface area contributed by atoms with Gasteiger partial charge in [-0.25, -0.2) is 14.2 Å². The lowest BCUT2D eigenvalue weighted by Gasteiger charge is -2.35. The first-order chi connectivity index (χ1) is 16.7. The molecule has 0 spiro atoms. The standard InChI is InChI=1S/C26H29FN6O2/c1-15-9-10-18(25(34)35)13-19(15)22-20-14-29-17(3)33(23-16(2)7-6-8-21(23)27)24(20)31-26(30-22)28-11-12-32(4)5/h6-10,13,29H,3,11-12,14H2,1-2,4-5H3,(H,34,35)(H,28,30,31). The maximum absolute atomic E-state index is 15.1. The lowest BCUT2D eigenvalue weighted by molar-refractivity contribution is 0.0697. The minimum atomic E-state index is -1.02. The molecule has 3 N–H and O–H groups in total. The van der Waals surface area contributed by atoms with E-state index >= 15 is 4.39 Å². The van der Waals surface area contributed by atoms with Crippen LogP contribution in [0.1, 0.15) is 27.0 Å². The quantitative estimate of drug-likeness (QED) is 0.465. The molecular formula is C26H29FN6O2. The Morgan fingerprint density at radius 2 is 2.00 bits per heavy atom. The van der Waals surface area contributed by atoms with Crippen LogP contribution >= 0.6 is 0 Å².